The number of methoxy groups -OCH3 is 1. The van der Waals surface area contributed by atoms with Crippen LogP contribution in [0.2, 0.25) is 0 Å². The fourth-order valence-corrected chi connectivity index (χ4v) is 1.91. The van der Waals surface area contributed by atoms with Crippen molar-refractivity contribution in [1.82, 2.24) is 9.97 Å². The third kappa shape index (κ3) is 2.02. The van der Waals surface area contributed by atoms with Crippen LogP contribution in [0.3, 0.4) is 0 Å². The van der Waals surface area contributed by atoms with Gasteiger partial charge in [0.25, 0.3) is 5.56 Å². The molecule has 2 heterocycles. The standard InChI is InChI=1S/C13H16N2O2/c1-4-8-6-11-9(10(5-2)14-8)7-12(17-3)13(16)15-11/h6-7H,4-5H2,1-3H3,(H,15,16). The van der Waals surface area contributed by atoms with Gasteiger partial charge >= 0.3 is 0 Å². The van der Waals surface area contributed by atoms with Crippen molar-refractivity contribution >= 4 is 10.9 Å². The fraction of sp³-hybridized carbons (Fsp3) is 0.385. The number of fused-ring (bicyclic) bond motifs is 1. The molecule has 0 radical (unpaired) electrons. The number of rotatable bonds is 3. The van der Waals surface area contributed by atoms with Gasteiger partial charge in [-0.3, -0.25) is 9.78 Å². The molecule has 2 aromatic heterocycles. The third-order valence-electron chi connectivity index (χ3n) is 2.86. The van der Waals surface area contributed by atoms with E-state index in [9.17, 15) is 4.79 Å². The molecule has 2 aromatic rings. The molecule has 0 fully saturated rings. The Balaban J connectivity index is 2.80. The molecule has 2 rings (SSSR count). The largest absolute Gasteiger partial charge is 0.491 e. The van der Waals surface area contributed by atoms with E-state index in [0.29, 0.717) is 5.75 Å². The Bertz CT molecular complexity index is 602. The highest BCUT2D eigenvalue weighted by atomic mass is 16.5. The molecule has 0 amide bonds. The Labute approximate surface area is 99.7 Å². The van der Waals surface area contributed by atoms with Crippen LogP contribution in [0.4, 0.5) is 0 Å². The summed E-state index contributed by atoms with van der Waals surface area (Å²) in [5, 5.41) is 0.959. The second-order valence-corrected chi connectivity index (χ2v) is 3.90. The van der Waals surface area contributed by atoms with Crippen molar-refractivity contribution in [3.8, 4) is 5.75 Å². The van der Waals surface area contributed by atoms with Gasteiger partial charge in [-0.25, -0.2) is 0 Å². The maximum atomic E-state index is 11.7. The van der Waals surface area contributed by atoms with Crippen LogP contribution >= 0.6 is 0 Å². The first-order chi connectivity index (χ1) is 8.19. The van der Waals surface area contributed by atoms with Gasteiger partial charge in [0.2, 0.25) is 0 Å². The van der Waals surface area contributed by atoms with Gasteiger partial charge < -0.3 is 9.72 Å². The number of aromatic amines is 1. The second kappa shape index (κ2) is 4.57. The summed E-state index contributed by atoms with van der Waals surface area (Å²) in [5.41, 5.74) is 2.62. The van der Waals surface area contributed by atoms with Gasteiger partial charge in [-0.15, -0.1) is 0 Å². The SMILES string of the molecule is CCc1cc2[nH]c(=O)c(OC)cc2c(CC)n1. The van der Waals surface area contributed by atoms with E-state index in [-0.39, 0.29) is 5.56 Å². The highest BCUT2D eigenvalue weighted by Gasteiger charge is 2.08. The van der Waals surface area contributed by atoms with E-state index in [4.69, 9.17) is 4.74 Å². The average molecular weight is 232 g/mol. The molecule has 17 heavy (non-hydrogen) atoms. The molecule has 90 valence electrons. The van der Waals surface area contributed by atoms with Gasteiger partial charge in [0.05, 0.1) is 12.6 Å². The van der Waals surface area contributed by atoms with E-state index in [1.807, 2.05) is 6.07 Å². The van der Waals surface area contributed by atoms with E-state index in [0.717, 1.165) is 35.1 Å². The number of nitrogens with zero attached hydrogens (tertiary/aromatic N) is 1. The van der Waals surface area contributed by atoms with Crippen LogP contribution in [0.1, 0.15) is 25.2 Å². The Morgan fingerprint density at radius 2 is 2.06 bits per heavy atom. The number of nitrogens with one attached hydrogen (secondary N) is 1. The Morgan fingerprint density at radius 3 is 2.65 bits per heavy atom. The number of aromatic nitrogens is 2. The van der Waals surface area contributed by atoms with Gasteiger partial charge in [-0.1, -0.05) is 13.8 Å². The molecule has 0 saturated carbocycles. The monoisotopic (exact) mass is 232 g/mol. The number of pyridine rings is 2. The van der Waals surface area contributed by atoms with Gasteiger partial charge in [-0.2, -0.15) is 0 Å². The topological polar surface area (TPSA) is 55.0 Å². The van der Waals surface area contributed by atoms with Crippen molar-refractivity contribution in [2.24, 2.45) is 0 Å². The van der Waals surface area contributed by atoms with Crippen molar-refractivity contribution < 1.29 is 4.74 Å². The first-order valence-electron chi connectivity index (χ1n) is 5.79. The van der Waals surface area contributed by atoms with E-state index in [2.05, 4.69) is 23.8 Å². The maximum absolute atomic E-state index is 11.7. The normalized spacial score (nSPS) is 10.8. The molecule has 1 N–H and O–H groups in total. The van der Waals surface area contributed by atoms with Crippen molar-refractivity contribution in [2.75, 3.05) is 7.11 Å². The third-order valence-corrected chi connectivity index (χ3v) is 2.86. The molecule has 0 aliphatic carbocycles. The lowest BCUT2D eigenvalue weighted by atomic mass is 10.1. The van der Waals surface area contributed by atoms with Crippen LogP contribution < -0.4 is 10.3 Å². The van der Waals surface area contributed by atoms with E-state index >= 15 is 0 Å². The summed E-state index contributed by atoms with van der Waals surface area (Å²) in [5.74, 6) is 0.332. The first kappa shape index (κ1) is 11.6. The summed E-state index contributed by atoms with van der Waals surface area (Å²) in [6.07, 6.45) is 1.69. The molecular weight excluding hydrogens is 216 g/mol. The van der Waals surface area contributed by atoms with Crippen molar-refractivity contribution in [3.63, 3.8) is 0 Å². The maximum Gasteiger partial charge on any atom is 0.290 e. The fourth-order valence-electron chi connectivity index (χ4n) is 1.91. The summed E-state index contributed by atoms with van der Waals surface area (Å²) in [6, 6.07) is 3.69. The predicted molar refractivity (Wildman–Crippen MR) is 67.7 cm³/mol. The van der Waals surface area contributed by atoms with E-state index in [1.165, 1.54) is 7.11 Å². The molecule has 0 saturated heterocycles. The molecular formula is C13H16N2O2. The van der Waals surface area contributed by atoms with Gasteiger partial charge in [0.15, 0.2) is 5.75 Å². The number of ether oxygens (including phenoxy) is 1. The van der Waals surface area contributed by atoms with Crippen molar-refractivity contribution in [2.45, 2.75) is 26.7 Å². The number of hydrogen-bond donors (Lipinski definition) is 1. The van der Waals surface area contributed by atoms with Gasteiger partial charge in [0, 0.05) is 16.8 Å². The molecule has 0 unspecified atom stereocenters. The minimum Gasteiger partial charge on any atom is -0.491 e. The zero-order valence-electron chi connectivity index (χ0n) is 10.3. The molecule has 0 atom stereocenters. The van der Waals surface area contributed by atoms with E-state index < -0.39 is 0 Å². The van der Waals surface area contributed by atoms with Crippen LogP contribution in [0.15, 0.2) is 16.9 Å². The minimum absolute atomic E-state index is 0.199. The Morgan fingerprint density at radius 1 is 1.29 bits per heavy atom. The molecule has 0 aromatic carbocycles. The Kier molecular flexibility index (Phi) is 3.13. The summed E-state index contributed by atoms with van der Waals surface area (Å²) < 4.78 is 5.04. The smallest absolute Gasteiger partial charge is 0.290 e. The number of H-pyrrole nitrogens is 1. The molecule has 4 heteroatoms. The second-order valence-electron chi connectivity index (χ2n) is 3.90. The molecule has 0 bridgehead atoms. The van der Waals surface area contributed by atoms with Gasteiger partial charge in [0.1, 0.15) is 0 Å². The zero-order valence-corrected chi connectivity index (χ0v) is 10.3. The highest BCUT2D eigenvalue weighted by molar-refractivity contribution is 5.82. The molecule has 4 nitrogen and oxygen atoms in total. The highest BCUT2D eigenvalue weighted by Crippen LogP contribution is 2.19. The van der Waals surface area contributed by atoms with Crippen LogP contribution in [-0.4, -0.2) is 17.1 Å². The molecule has 0 aliphatic heterocycles. The van der Waals surface area contributed by atoms with Crippen LogP contribution in [0.5, 0.6) is 5.75 Å². The summed E-state index contributed by atoms with van der Waals surface area (Å²) >= 11 is 0. The summed E-state index contributed by atoms with van der Waals surface area (Å²) in [7, 11) is 1.50. The van der Waals surface area contributed by atoms with Crippen molar-refractivity contribution in [3.05, 3.63) is 33.9 Å². The van der Waals surface area contributed by atoms with Crippen LogP contribution in [-0.2, 0) is 12.8 Å². The average Bonchev–Trinajstić information content (AvgIpc) is 2.36. The first-order valence-corrected chi connectivity index (χ1v) is 5.79. The number of aryl methyl sites for hydroxylation is 2. The van der Waals surface area contributed by atoms with Crippen LogP contribution in [0, 0.1) is 0 Å². The van der Waals surface area contributed by atoms with Crippen LogP contribution in [0.25, 0.3) is 10.9 Å². The lowest BCUT2D eigenvalue weighted by molar-refractivity contribution is 0.409. The van der Waals surface area contributed by atoms with E-state index in [1.54, 1.807) is 6.07 Å². The summed E-state index contributed by atoms with van der Waals surface area (Å²) in [6.45, 7) is 4.11. The van der Waals surface area contributed by atoms with Crippen molar-refractivity contribution in [1.29, 1.82) is 0 Å². The zero-order chi connectivity index (χ0) is 12.4. The predicted octanol–water partition coefficient (Wildman–Crippen LogP) is 2.06. The van der Waals surface area contributed by atoms with Gasteiger partial charge in [-0.05, 0) is 25.0 Å². The summed E-state index contributed by atoms with van der Waals surface area (Å²) in [4.78, 5) is 19.1. The molecule has 0 spiro atoms. The Hall–Kier alpha value is -1.84. The lowest BCUT2D eigenvalue weighted by Gasteiger charge is -2.08. The number of hydrogen-bond acceptors (Lipinski definition) is 3. The molecule has 0 aliphatic rings. The quantitative estimate of drug-likeness (QED) is 0.881. The lowest BCUT2D eigenvalue weighted by Crippen LogP contribution is -2.10. The minimum atomic E-state index is -0.199.